The second-order valence-corrected chi connectivity index (χ2v) is 11.2. The molecule has 0 atom stereocenters. The van der Waals surface area contributed by atoms with Crippen LogP contribution in [0.25, 0.3) is 22.0 Å². The average molecular weight is 497 g/mol. The number of amides is 2. The van der Waals surface area contributed by atoms with E-state index in [4.69, 9.17) is 5.73 Å². The Morgan fingerprint density at radius 2 is 1.77 bits per heavy atom. The number of sulfonamides is 1. The molecular weight excluding hydrogens is 464 g/mol. The lowest BCUT2D eigenvalue weighted by Gasteiger charge is -2.31. The molecule has 2 amide bonds. The molecule has 186 valence electrons. The molecule has 8 nitrogen and oxygen atoms in total. The van der Waals surface area contributed by atoms with Crippen molar-refractivity contribution in [3.8, 4) is 11.1 Å². The molecule has 2 heterocycles. The van der Waals surface area contributed by atoms with Crippen LogP contribution in [0.5, 0.6) is 0 Å². The maximum Gasteiger partial charge on any atom is 0.250 e. The number of aromatic nitrogens is 1. The fourth-order valence-corrected chi connectivity index (χ4v) is 5.85. The van der Waals surface area contributed by atoms with Gasteiger partial charge in [-0.05, 0) is 60.1 Å². The maximum absolute atomic E-state index is 12.3. The van der Waals surface area contributed by atoms with Gasteiger partial charge in [0.15, 0.2) is 0 Å². The summed E-state index contributed by atoms with van der Waals surface area (Å²) in [5.74, 6) is -0.204. The Morgan fingerprint density at radius 3 is 2.37 bits per heavy atom. The summed E-state index contributed by atoms with van der Waals surface area (Å²) in [5, 5.41) is 3.80. The number of fused-ring (bicyclic) bond motifs is 1. The van der Waals surface area contributed by atoms with Gasteiger partial charge in [-0.3, -0.25) is 9.59 Å². The van der Waals surface area contributed by atoms with Crippen LogP contribution in [-0.2, 0) is 21.4 Å². The molecule has 0 unspecified atom stereocenters. The van der Waals surface area contributed by atoms with E-state index in [0.717, 1.165) is 40.5 Å². The van der Waals surface area contributed by atoms with E-state index in [2.05, 4.69) is 16.4 Å². The molecule has 2 aromatic carbocycles. The number of hydrogen-bond donors (Lipinski definition) is 3. The summed E-state index contributed by atoms with van der Waals surface area (Å²) in [6, 6.07) is 11.7. The number of carbonyl (C=O) groups excluding carboxylic acids is 2. The van der Waals surface area contributed by atoms with E-state index < -0.39 is 15.9 Å². The highest BCUT2D eigenvalue weighted by atomic mass is 32.2. The number of hydrogen-bond acceptors (Lipinski definition) is 4. The third kappa shape index (κ3) is 5.26. The van der Waals surface area contributed by atoms with E-state index >= 15 is 0 Å². The van der Waals surface area contributed by atoms with Gasteiger partial charge in [0.25, 0.3) is 5.91 Å². The lowest BCUT2D eigenvalue weighted by molar-refractivity contribution is -0.120. The van der Waals surface area contributed by atoms with Crippen LogP contribution in [0.4, 0.5) is 0 Å². The van der Waals surface area contributed by atoms with Crippen molar-refractivity contribution in [1.82, 2.24) is 14.6 Å². The summed E-state index contributed by atoms with van der Waals surface area (Å²) in [4.78, 5) is 27.1. The van der Waals surface area contributed by atoms with Crippen LogP contribution in [0.2, 0.25) is 0 Å². The number of nitrogens with one attached hydrogen (secondary N) is 2. The van der Waals surface area contributed by atoms with E-state index in [1.165, 1.54) is 0 Å². The van der Waals surface area contributed by atoms with Crippen molar-refractivity contribution in [3.05, 3.63) is 59.3 Å². The maximum atomic E-state index is 12.3. The highest BCUT2D eigenvalue weighted by Crippen LogP contribution is 2.37. The van der Waals surface area contributed by atoms with Gasteiger partial charge in [-0.2, -0.15) is 0 Å². The minimum Gasteiger partial charge on any atom is -0.366 e. The largest absolute Gasteiger partial charge is 0.366 e. The summed E-state index contributed by atoms with van der Waals surface area (Å²) in [6.07, 6.45) is 3.82. The predicted octanol–water partition coefficient (Wildman–Crippen LogP) is 3.49. The van der Waals surface area contributed by atoms with Crippen molar-refractivity contribution in [2.75, 3.05) is 18.8 Å². The molecule has 0 radical (unpaired) electrons. The third-order valence-corrected chi connectivity index (χ3v) is 8.72. The Balaban J connectivity index is 1.64. The highest BCUT2D eigenvalue weighted by molar-refractivity contribution is 7.89. The summed E-state index contributed by atoms with van der Waals surface area (Å²) in [7, 11) is -3.19. The first-order chi connectivity index (χ1) is 16.7. The summed E-state index contributed by atoms with van der Waals surface area (Å²) in [5.41, 5.74) is 10.7. The molecule has 0 saturated carbocycles. The van der Waals surface area contributed by atoms with E-state index in [1.54, 1.807) is 17.3 Å². The number of carbonyl (C=O) groups is 2. The summed E-state index contributed by atoms with van der Waals surface area (Å²) in [6.45, 7) is 4.93. The third-order valence-electron chi connectivity index (χ3n) is 6.84. The molecule has 35 heavy (non-hydrogen) atoms. The zero-order chi connectivity index (χ0) is 25.2. The van der Waals surface area contributed by atoms with Gasteiger partial charge >= 0.3 is 0 Å². The molecule has 0 spiro atoms. The summed E-state index contributed by atoms with van der Waals surface area (Å²) < 4.78 is 26.1. The van der Waals surface area contributed by atoms with Crippen LogP contribution >= 0.6 is 0 Å². The number of benzene rings is 2. The predicted molar refractivity (Wildman–Crippen MR) is 137 cm³/mol. The fraction of sp³-hybridized carbons (Fsp3) is 0.385. The van der Waals surface area contributed by atoms with Crippen molar-refractivity contribution in [3.63, 3.8) is 0 Å². The van der Waals surface area contributed by atoms with Gasteiger partial charge in [0.05, 0.1) is 16.8 Å². The molecular formula is C26H32N4O4S. The number of piperidine rings is 1. The molecule has 4 rings (SSSR count). The molecule has 4 N–H and O–H groups in total. The van der Waals surface area contributed by atoms with Crippen molar-refractivity contribution in [2.24, 2.45) is 5.73 Å². The Kier molecular flexibility index (Phi) is 7.28. The van der Waals surface area contributed by atoms with Gasteiger partial charge in [-0.15, -0.1) is 0 Å². The monoisotopic (exact) mass is 496 g/mol. The highest BCUT2D eigenvalue weighted by Gasteiger charge is 2.29. The summed E-state index contributed by atoms with van der Waals surface area (Å²) >= 11 is 0. The van der Waals surface area contributed by atoms with Crippen LogP contribution in [-0.4, -0.2) is 48.4 Å². The van der Waals surface area contributed by atoms with Crippen molar-refractivity contribution in [2.45, 2.75) is 45.6 Å². The van der Waals surface area contributed by atoms with E-state index in [9.17, 15) is 18.0 Å². The smallest absolute Gasteiger partial charge is 0.250 e. The minimum absolute atomic E-state index is 0.00347. The second kappa shape index (κ2) is 10.2. The SMILES string of the molecule is CCC(=O)NCc1ccc(-c2cc(C(N)=O)c3[nH]cc(C4CCN(S(=O)(=O)CC)CC4)c3c2)cc1. The zero-order valence-electron chi connectivity index (χ0n) is 20.1. The minimum atomic E-state index is -3.19. The van der Waals surface area contributed by atoms with Gasteiger partial charge < -0.3 is 16.0 Å². The number of nitrogens with two attached hydrogens (primary N) is 1. The number of primary amides is 1. The molecule has 1 aromatic heterocycles. The molecule has 1 saturated heterocycles. The molecule has 1 fully saturated rings. The first-order valence-corrected chi connectivity index (χ1v) is 13.6. The van der Waals surface area contributed by atoms with Crippen LogP contribution < -0.4 is 11.1 Å². The number of nitrogens with zero attached hydrogens (tertiary/aromatic N) is 1. The number of aromatic amines is 1. The van der Waals surface area contributed by atoms with Crippen molar-refractivity contribution >= 4 is 32.7 Å². The number of rotatable bonds is 8. The number of H-pyrrole nitrogens is 1. The Morgan fingerprint density at radius 1 is 1.09 bits per heavy atom. The standard InChI is InChI=1S/C26H32N4O4S/c1-3-24(31)28-15-17-5-7-18(8-6-17)20-13-21-23(16-29-25(21)22(14-20)26(27)32)19-9-11-30(12-10-19)35(33,34)4-2/h5-8,13-14,16,19,29H,3-4,9-12,15H2,1-2H3,(H2,27,32)(H,28,31). The molecule has 0 bridgehead atoms. The lowest BCUT2D eigenvalue weighted by atomic mass is 9.88. The Bertz CT molecular complexity index is 1340. The van der Waals surface area contributed by atoms with Crippen LogP contribution in [0, 0.1) is 0 Å². The normalized spacial score (nSPS) is 15.4. The van der Waals surface area contributed by atoms with Crippen molar-refractivity contribution in [1.29, 1.82) is 0 Å². The molecule has 3 aromatic rings. The molecule has 0 aliphatic carbocycles. The molecule has 1 aliphatic rings. The second-order valence-electron chi connectivity index (χ2n) is 8.96. The van der Waals surface area contributed by atoms with Crippen molar-refractivity contribution < 1.29 is 18.0 Å². The Labute approximate surface area is 205 Å². The molecule has 9 heteroatoms. The average Bonchev–Trinajstić information content (AvgIpc) is 3.31. The van der Waals surface area contributed by atoms with Gasteiger partial charge in [-0.1, -0.05) is 31.2 Å². The topological polar surface area (TPSA) is 125 Å². The fourth-order valence-electron chi connectivity index (χ4n) is 4.72. The first-order valence-electron chi connectivity index (χ1n) is 12.0. The van der Waals surface area contributed by atoms with Crippen LogP contribution in [0.3, 0.4) is 0 Å². The van der Waals surface area contributed by atoms with E-state index in [1.807, 2.05) is 37.4 Å². The van der Waals surface area contributed by atoms with Gasteiger partial charge in [0.2, 0.25) is 15.9 Å². The zero-order valence-corrected chi connectivity index (χ0v) is 21.0. The first kappa shape index (κ1) is 24.9. The van der Waals surface area contributed by atoms with Gasteiger partial charge in [0, 0.05) is 37.6 Å². The van der Waals surface area contributed by atoms with Gasteiger partial charge in [-0.25, -0.2) is 12.7 Å². The lowest BCUT2D eigenvalue weighted by Crippen LogP contribution is -2.38. The van der Waals surface area contributed by atoms with E-state index in [-0.39, 0.29) is 17.6 Å². The van der Waals surface area contributed by atoms with Crippen LogP contribution in [0.15, 0.2) is 42.6 Å². The van der Waals surface area contributed by atoms with E-state index in [0.29, 0.717) is 37.1 Å². The Hall–Kier alpha value is -3.17. The van der Waals surface area contributed by atoms with Gasteiger partial charge in [0.1, 0.15) is 0 Å². The van der Waals surface area contributed by atoms with Crippen LogP contribution in [0.1, 0.15) is 60.5 Å². The molecule has 1 aliphatic heterocycles. The quantitative estimate of drug-likeness (QED) is 0.441.